The first kappa shape index (κ1) is 10.9. The van der Waals surface area contributed by atoms with Crippen molar-refractivity contribution in [3.63, 3.8) is 0 Å². The molecule has 0 atom stereocenters. The van der Waals surface area contributed by atoms with E-state index in [1.165, 1.54) is 0 Å². The van der Waals surface area contributed by atoms with Crippen molar-refractivity contribution in [2.75, 3.05) is 14.2 Å². The molecule has 0 bridgehead atoms. The van der Waals surface area contributed by atoms with Gasteiger partial charge >= 0.3 is 8.56 Å². The second-order valence-corrected chi connectivity index (χ2v) is 6.23. The van der Waals surface area contributed by atoms with E-state index < -0.39 is 8.56 Å². The number of hydrogen-bond acceptors (Lipinski definition) is 2. The average molecular weight is 174 g/mol. The van der Waals surface area contributed by atoms with Crippen LogP contribution in [0.2, 0.25) is 12.6 Å². The summed E-state index contributed by atoms with van der Waals surface area (Å²) < 4.78 is 10.6. The summed E-state index contributed by atoms with van der Waals surface area (Å²) in [4.78, 5) is 0. The van der Waals surface area contributed by atoms with E-state index in [1.807, 2.05) is 6.92 Å². The molecule has 2 nitrogen and oxygen atoms in total. The standard InChI is InChI=1S/C8H18O2Si/c1-5-6-7-8-11(4,9-2)10-3/h5-6H,7-8H2,1-4H3. The molecule has 0 aromatic heterocycles. The zero-order chi connectivity index (χ0) is 8.74. The summed E-state index contributed by atoms with van der Waals surface area (Å²) in [5.41, 5.74) is 0. The van der Waals surface area contributed by atoms with Crippen LogP contribution in [0.3, 0.4) is 0 Å². The lowest BCUT2D eigenvalue weighted by atomic mass is 10.4. The summed E-state index contributed by atoms with van der Waals surface area (Å²) in [6, 6.07) is 1.03. The Bertz CT molecular complexity index is 119. The van der Waals surface area contributed by atoms with Crippen LogP contribution in [-0.2, 0) is 8.85 Å². The lowest BCUT2D eigenvalue weighted by Gasteiger charge is -2.21. The zero-order valence-electron chi connectivity index (χ0n) is 7.89. The highest BCUT2D eigenvalue weighted by Gasteiger charge is 2.26. The Kier molecular flexibility index (Phi) is 5.46. The molecule has 0 rings (SSSR count). The van der Waals surface area contributed by atoms with Gasteiger partial charge in [-0.15, -0.1) is 0 Å². The second-order valence-electron chi connectivity index (χ2n) is 2.65. The van der Waals surface area contributed by atoms with Crippen LogP contribution in [0.4, 0.5) is 0 Å². The quantitative estimate of drug-likeness (QED) is 0.470. The van der Waals surface area contributed by atoms with Crippen LogP contribution < -0.4 is 0 Å². The maximum absolute atomic E-state index is 5.32. The largest absolute Gasteiger partial charge is 0.398 e. The van der Waals surface area contributed by atoms with Crippen LogP contribution in [0.25, 0.3) is 0 Å². The summed E-state index contributed by atoms with van der Waals surface area (Å²) >= 11 is 0. The fourth-order valence-electron chi connectivity index (χ4n) is 0.800. The molecule has 0 aromatic rings. The summed E-state index contributed by atoms with van der Waals surface area (Å²) in [6.45, 7) is 4.11. The minimum absolute atomic E-state index is 1.03. The molecule has 0 saturated heterocycles. The van der Waals surface area contributed by atoms with Gasteiger partial charge in [-0.05, 0) is 25.9 Å². The highest BCUT2D eigenvalue weighted by molar-refractivity contribution is 6.65. The molecule has 0 aliphatic heterocycles. The van der Waals surface area contributed by atoms with Gasteiger partial charge in [-0.2, -0.15) is 0 Å². The third-order valence-corrected chi connectivity index (χ3v) is 4.79. The number of rotatable bonds is 5. The van der Waals surface area contributed by atoms with Crippen molar-refractivity contribution in [1.29, 1.82) is 0 Å². The Labute approximate surface area is 70.5 Å². The molecule has 0 aliphatic rings. The fourth-order valence-corrected chi connectivity index (χ4v) is 2.07. The third-order valence-electron chi connectivity index (χ3n) is 1.86. The van der Waals surface area contributed by atoms with Gasteiger partial charge < -0.3 is 8.85 Å². The van der Waals surface area contributed by atoms with Crippen molar-refractivity contribution < 1.29 is 8.85 Å². The molecule has 0 unspecified atom stereocenters. The Morgan fingerprint density at radius 1 is 1.27 bits per heavy atom. The van der Waals surface area contributed by atoms with E-state index in [9.17, 15) is 0 Å². The molecule has 0 fully saturated rings. The molecule has 0 radical (unpaired) electrons. The molecule has 0 spiro atoms. The van der Waals surface area contributed by atoms with E-state index in [2.05, 4.69) is 18.7 Å². The topological polar surface area (TPSA) is 18.5 Å². The Morgan fingerprint density at radius 2 is 1.82 bits per heavy atom. The molecular formula is C8H18O2Si. The molecule has 66 valence electrons. The summed E-state index contributed by atoms with van der Waals surface area (Å²) in [5, 5.41) is 0. The van der Waals surface area contributed by atoms with Gasteiger partial charge in [0.1, 0.15) is 0 Å². The van der Waals surface area contributed by atoms with Crippen LogP contribution in [0, 0.1) is 0 Å². The van der Waals surface area contributed by atoms with Gasteiger partial charge in [0, 0.05) is 14.2 Å². The van der Waals surface area contributed by atoms with Crippen LogP contribution in [-0.4, -0.2) is 22.8 Å². The molecule has 0 N–H and O–H groups in total. The van der Waals surface area contributed by atoms with E-state index in [1.54, 1.807) is 14.2 Å². The first-order valence-corrected chi connectivity index (χ1v) is 6.42. The van der Waals surface area contributed by atoms with Crippen LogP contribution in [0.5, 0.6) is 0 Å². The predicted molar refractivity (Wildman–Crippen MR) is 49.9 cm³/mol. The van der Waals surface area contributed by atoms with Crippen molar-refractivity contribution in [1.82, 2.24) is 0 Å². The Balaban J connectivity index is 3.68. The van der Waals surface area contributed by atoms with E-state index >= 15 is 0 Å². The molecule has 0 amide bonds. The maximum atomic E-state index is 5.32. The van der Waals surface area contributed by atoms with E-state index in [4.69, 9.17) is 8.85 Å². The lowest BCUT2D eigenvalue weighted by Crippen LogP contribution is -2.35. The molecular weight excluding hydrogens is 156 g/mol. The molecule has 11 heavy (non-hydrogen) atoms. The fraction of sp³-hybridized carbons (Fsp3) is 0.750. The minimum Gasteiger partial charge on any atom is -0.398 e. The van der Waals surface area contributed by atoms with Crippen molar-refractivity contribution in [2.45, 2.75) is 25.9 Å². The van der Waals surface area contributed by atoms with E-state index in [0.29, 0.717) is 0 Å². The van der Waals surface area contributed by atoms with E-state index in [-0.39, 0.29) is 0 Å². The predicted octanol–water partition coefficient (Wildman–Crippen LogP) is 2.32. The van der Waals surface area contributed by atoms with Crippen molar-refractivity contribution >= 4 is 8.56 Å². The first-order chi connectivity index (χ1) is 5.18. The minimum atomic E-state index is -1.79. The summed E-state index contributed by atoms with van der Waals surface area (Å²) in [7, 11) is 1.67. The van der Waals surface area contributed by atoms with Gasteiger partial charge in [-0.25, -0.2) is 0 Å². The molecule has 0 aliphatic carbocycles. The summed E-state index contributed by atoms with van der Waals surface area (Å²) in [5.74, 6) is 0. The Morgan fingerprint density at radius 3 is 2.18 bits per heavy atom. The molecule has 0 aromatic carbocycles. The lowest BCUT2D eigenvalue weighted by molar-refractivity contribution is 0.250. The Hall–Kier alpha value is -0.123. The maximum Gasteiger partial charge on any atom is 0.334 e. The second kappa shape index (κ2) is 5.52. The van der Waals surface area contributed by atoms with Gasteiger partial charge in [-0.1, -0.05) is 12.2 Å². The van der Waals surface area contributed by atoms with Crippen molar-refractivity contribution in [3.8, 4) is 0 Å². The molecule has 0 saturated carbocycles. The van der Waals surface area contributed by atoms with Crippen LogP contribution >= 0.6 is 0 Å². The highest BCUT2D eigenvalue weighted by Crippen LogP contribution is 2.13. The molecule has 0 heterocycles. The van der Waals surface area contributed by atoms with Gasteiger partial charge in [0.2, 0.25) is 0 Å². The van der Waals surface area contributed by atoms with Crippen LogP contribution in [0.15, 0.2) is 12.2 Å². The molecule has 3 heteroatoms. The van der Waals surface area contributed by atoms with Crippen molar-refractivity contribution in [2.24, 2.45) is 0 Å². The van der Waals surface area contributed by atoms with Gasteiger partial charge in [-0.3, -0.25) is 0 Å². The van der Waals surface area contributed by atoms with Gasteiger partial charge in [0.25, 0.3) is 0 Å². The van der Waals surface area contributed by atoms with Crippen molar-refractivity contribution in [3.05, 3.63) is 12.2 Å². The average Bonchev–Trinajstić information content (AvgIpc) is 2.05. The third kappa shape index (κ3) is 4.34. The number of allylic oxidation sites excluding steroid dienone is 2. The zero-order valence-corrected chi connectivity index (χ0v) is 8.89. The first-order valence-electron chi connectivity index (χ1n) is 3.90. The van der Waals surface area contributed by atoms with E-state index in [0.717, 1.165) is 12.5 Å². The SMILES string of the molecule is CC=CCC[Si](C)(OC)OC. The smallest absolute Gasteiger partial charge is 0.334 e. The highest BCUT2D eigenvalue weighted by atomic mass is 28.4. The van der Waals surface area contributed by atoms with Gasteiger partial charge in [0.05, 0.1) is 0 Å². The monoisotopic (exact) mass is 174 g/mol. The van der Waals surface area contributed by atoms with Crippen LogP contribution in [0.1, 0.15) is 13.3 Å². The summed E-state index contributed by atoms with van der Waals surface area (Å²) in [6.07, 6.45) is 5.25. The number of hydrogen-bond donors (Lipinski definition) is 0. The normalized spacial score (nSPS) is 12.7. The van der Waals surface area contributed by atoms with Gasteiger partial charge in [0.15, 0.2) is 0 Å².